The summed E-state index contributed by atoms with van der Waals surface area (Å²) in [6.07, 6.45) is 4.23. The van der Waals surface area contributed by atoms with Gasteiger partial charge in [0.05, 0.1) is 5.75 Å². The highest BCUT2D eigenvalue weighted by atomic mass is 32.2. The Hall–Kier alpha value is -0.560. The summed E-state index contributed by atoms with van der Waals surface area (Å²) in [5, 5.41) is 0. The second-order valence-corrected chi connectivity index (χ2v) is 8.07. The summed E-state index contributed by atoms with van der Waals surface area (Å²) in [5.41, 5.74) is 7.29. The molecule has 0 bridgehead atoms. The van der Waals surface area contributed by atoms with Gasteiger partial charge in [-0.25, -0.2) is 13.1 Å². The van der Waals surface area contributed by atoms with Crippen LogP contribution in [0.4, 0.5) is 0 Å². The fourth-order valence-corrected chi connectivity index (χ4v) is 3.99. The minimum atomic E-state index is -3.27. The predicted octanol–water partition coefficient (Wildman–Crippen LogP) is 1.46. The first-order valence-corrected chi connectivity index (χ1v) is 9.17. The molecule has 0 aromatic heterocycles. The van der Waals surface area contributed by atoms with Crippen LogP contribution in [0.2, 0.25) is 0 Å². The topological polar surface area (TPSA) is 72.2 Å². The van der Waals surface area contributed by atoms with Crippen LogP contribution in [0, 0.1) is 0 Å². The van der Waals surface area contributed by atoms with Crippen molar-refractivity contribution in [3.63, 3.8) is 0 Å². The van der Waals surface area contributed by atoms with Gasteiger partial charge >= 0.3 is 0 Å². The van der Waals surface area contributed by atoms with Gasteiger partial charge in [0, 0.05) is 17.8 Å². The lowest BCUT2D eigenvalue weighted by atomic mass is 10.1. The molecule has 106 valence electrons. The van der Waals surface area contributed by atoms with Crippen LogP contribution in [-0.2, 0) is 22.3 Å². The third kappa shape index (κ3) is 4.21. The Kier molecular flexibility index (Phi) is 4.55. The van der Waals surface area contributed by atoms with Gasteiger partial charge in [-0.2, -0.15) is 11.8 Å². The molecule has 1 aromatic carbocycles. The molecule has 0 heterocycles. The molecule has 0 radical (unpaired) electrons. The standard InChI is InChI=1S/C13H20N2O2S2/c1-18-13(5-6-13)10-15-19(16,17)9-12-4-2-3-11(7-12)8-14/h2-4,7,15H,5-6,8-10,14H2,1H3. The molecule has 2 rings (SSSR count). The Morgan fingerprint density at radius 1 is 1.37 bits per heavy atom. The van der Waals surface area contributed by atoms with Crippen LogP contribution in [0.25, 0.3) is 0 Å². The van der Waals surface area contributed by atoms with Gasteiger partial charge in [0.2, 0.25) is 10.0 Å². The van der Waals surface area contributed by atoms with Crippen molar-refractivity contribution >= 4 is 21.8 Å². The summed E-state index contributed by atoms with van der Waals surface area (Å²) in [7, 11) is -3.27. The minimum absolute atomic E-state index is 0.0191. The van der Waals surface area contributed by atoms with Crippen LogP contribution in [0.1, 0.15) is 24.0 Å². The van der Waals surface area contributed by atoms with Crippen molar-refractivity contribution in [1.82, 2.24) is 4.72 Å². The molecule has 0 atom stereocenters. The number of sulfonamides is 1. The van der Waals surface area contributed by atoms with Crippen molar-refractivity contribution in [2.45, 2.75) is 29.9 Å². The summed E-state index contributed by atoms with van der Waals surface area (Å²) in [6.45, 7) is 0.962. The quantitative estimate of drug-likeness (QED) is 0.799. The molecule has 0 spiro atoms. The molecule has 3 N–H and O–H groups in total. The Morgan fingerprint density at radius 3 is 2.63 bits per heavy atom. The van der Waals surface area contributed by atoms with Gasteiger partial charge < -0.3 is 5.73 Å². The highest BCUT2D eigenvalue weighted by molar-refractivity contribution is 8.00. The second kappa shape index (κ2) is 5.83. The lowest BCUT2D eigenvalue weighted by molar-refractivity contribution is 0.579. The van der Waals surface area contributed by atoms with Crippen LogP contribution in [0.15, 0.2) is 24.3 Å². The van der Waals surface area contributed by atoms with Crippen molar-refractivity contribution in [2.24, 2.45) is 5.73 Å². The largest absolute Gasteiger partial charge is 0.326 e. The Bertz CT molecular complexity index is 539. The van der Waals surface area contributed by atoms with Crippen molar-refractivity contribution in [2.75, 3.05) is 12.8 Å². The van der Waals surface area contributed by atoms with Crippen LogP contribution >= 0.6 is 11.8 Å². The van der Waals surface area contributed by atoms with Gasteiger partial charge in [-0.15, -0.1) is 0 Å². The first kappa shape index (κ1) is 14.8. The van der Waals surface area contributed by atoms with E-state index in [1.54, 1.807) is 11.8 Å². The van der Waals surface area contributed by atoms with Crippen molar-refractivity contribution < 1.29 is 8.42 Å². The molecule has 1 aromatic rings. The Morgan fingerprint density at radius 2 is 2.05 bits per heavy atom. The molecule has 0 saturated heterocycles. The van der Waals surface area contributed by atoms with Gasteiger partial charge in [0.1, 0.15) is 0 Å². The van der Waals surface area contributed by atoms with Gasteiger partial charge in [-0.05, 0) is 30.2 Å². The van der Waals surface area contributed by atoms with E-state index in [1.807, 2.05) is 30.5 Å². The normalized spacial score (nSPS) is 17.4. The average Bonchev–Trinajstić information content (AvgIpc) is 3.17. The molecule has 0 aliphatic heterocycles. The van der Waals surface area contributed by atoms with Gasteiger partial charge in [0.15, 0.2) is 0 Å². The lowest BCUT2D eigenvalue weighted by Gasteiger charge is -2.13. The third-order valence-corrected chi connectivity index (χ3v) is 6.15. The van der Waals surface area contributed by atoms with E-state index in [9.17, 15) is 8.42 Å². The summed E-state index contributed by atoms with van der Waals surface area (Å²) in [6, 6.07) is 7.41. The SMILES string of the molecule is CSC1(CNS(=O)(=O)Cc2cccc(CN)c2)CC1. The zero-order valence-corrected chi connectivity index (χ0v) is 12.7. The minimum Gasteiger partial charge on any atom is -0.326 e. The molecule has 1 aliphatic carbocycles. The molecule has 0 unspecified atom stereocenters. The molecule has 1 saturated carbocycles. The molecule has 0 amide bonds. The van der Waals surface area contributed by atoms with E-state index in [2.05, 4.69) is 4.72 Å². The summed E-state index contributed by atoms with van der Waals surface area (Å²) in [4.78, 5) is 0. The van der Waals surface area contributed by atoms with Crippen molar-refractivity contribution in [3.8, 4) is 0 Å². The smallest absolute Gasteiger partial charge is 0.215 e. The van der Waals surface area contributed by atoms with Crippen molar-refractivity contribution in [1.29, 1.82) is 0 Å². The van der Waals surface area contributed by atoms with E-state index in [4.69, 9.17) is 5.73 Å². The van der Waals surface area contributed by atoms with Crippen LogP contribution < -0.4 is 10.5 Å². The summed E-state index contributed by atoms with van der Waals surface area (Å²) < 4.78 is 26.9. The van der Waals surface area contributed by atoms with Crippen LogP contribution in [0.3, 0.4) is 0 Å². The van der Waals surface area contributed by atoms with Crippen LogP contribution in [-0.4, -0.2) is 26.0 Å². The fraction of sp³-hybridized carbons (Fsp3) is 0.538. The number of rotatable bonds is 7. The van der Waals surface area contributed by atoms with Crippen LogP contribution in [0.5, 0.6) is 0 Å². The predicted molar refractivity (Wildman–Crippen MR) is 80.4 cm³/mol. The number of hydrogen-bond acceptors (Lipinski definition) is 4. The van der Waals surface area contributed by atoms with E-state index in [-0.39, 0.29) is 10.5 Å². The number of nitrogens with one attached hydrogen (secondary N) is 1. The number of thioether (sulfide) groups is 1. The zero-order valence-electron chi connectivity index (χ0n) is 11.1. The summed E-state index contributed by atoms with van der Waals surface area (Å²) >= 11 is 1.75. The number of benzene rings is 1. The van der Waals surface area contributed by atoms with E-state index < -0.39 is 10.0 Å². The van der Waals surface area contributed by atoms with E-state index in [0.29, 0.717) is 13.1 Å². The molecule has 1 fully saturated rings. The van der Waals surface area contributed by atoms with E-state index >= 15 is 0 Å². The maximum atomic E-state index is 12.0. The second-order valence-electron chi connectivity index (χ2n) is 4.99. The Balaban J connectivity index is 1.96. The fourth-order valence-electron chi connectivity index (χ4n) is 1.95. The number of nitrogens with two attached hydrogens (primary N) is 1. The maximum Gasteiger partial charge on any atom is 0.215 e. The van der Waals surface area contributed by atoms with Crippen molar-refractivity contribution in [3.05, 3.63) is 35.4 Å². The Labute approximate surface area is 119 Å². The molecule has 19 heavy (non-hydrogen) atoms. The lowest BCUT2D eigenvalue weighted by Crippen LogP contribution is -2.32. The molecular weight excluding hydrogens is 280 g/mol. The highest BCUT2D eigenvalue weighted by Crippen LogP contribution is 2.46. The molecule has 1 aliphatic rings. The zero-order chi connectivity index (χ0) is 13.9. The summed E-state index contributed by atoms with van der Waals surface area (Å²) in [5.74, 6) is 0.0191. The molecular formula is C13H20N2O2S2. The first-order valence-electron chi connectivity index (χ1n) is 6.29. The molecule has 6 heteroatoms. The van der Waals surface area contributed by atoms with E-state index in [0.717, 1.165) is 24.0 Å². The molecule has 4 nitrogen and oxygen atoms in total. The maximum absolute atomic E-state index is 12.0. The highest BCUT2D eigenvalue weighted by Gasteiger charge is 2.42. The average molecular weight is 300 g/mol. The van der Waals surface area contributed by atoms with E-state index in [1.165, 1.54) is 0 Å². The first-order chi connectivity index (χ1) is 8.99. The van der Waals surface area contributed by atoms with Gasteiger partial charge in [-0.3, -0.25) is 0 Å². The van der Waals surface area contributed by atoms with Gasteiger partial charge in [-0.1, -0.05) is 24.3 Å². The number of hydrogen-bond donors (Lipinski definition) is 2. The van der Waals surface area contributed by atoms with Gasteiger partial charge in [0.25, 0.3) is 0 Å². The third-order valence-electron chi connectivity index (χ3n) is 3.44. The monoisotopic (exact) mass is 300 g/mol.